The first kappa shape index (κ1) is 23.8. The minimum Gasteiger partial charge on any atom is -0.480 e. The second-order valence-electron chi connectivity index (χ2n) is 4.81. The number of carbonyl (C=O) groups excluding carboxylic acids is 2. The van der Waals surface area contributed by atoms with Crippen LogP contribution in [-0.4, -0.2) is 35.9 Å². The van der Waals surface area contributed by atoms with E-state index < -0.39 is 12.0 Å². The summed E-state index contributed by atoms with van der Waals surface area (Å²) in [5, 5.41) is 14.5. The number of amides is 1. The minimum absolute atomic E-state index is 0. The van der Waals surface area contributed by atoms with Gasteiger partial charge < -0.3 is 15.7 Å². The molecule has 0 radical (unpaired) electrons. The lowest BCUT2D eigenvalue weighted by Gasteiger charge is -2.14. The van der Waals surface area contributed by atoms with Gasteiger partial charge in [-0.15, -0.1) is 0 Å². The number of carboxylic acid groups (broad SMARTS) is 1. The topological polar surface area (TPSA) is 95.5 Å². The van der Waals surface area contributed by atoms with Crippen molar-refractivity contribution in [3.63, 3.8) is 0 Å². The zero-order chi connectivity index (χ0) is 16.5. The van der Waals surface area contributed by atoms with Crippen LogP contribution in [0.2, 0.25) is 0 Å². The Morgan fingerprint density at radius 2 is 1.71 bits per heavy atom. The Bertz CT molecular complexity index is 582. The number of likely N-dealkylation sites (N-methyl/N-ethyl adjacent to an activating group) is 1. The SMILES string of the molecule is C.C.CN[C@H](Cc1ccccc1CNC(=O)/C=C/C(C)=O)C(=O)O. The van der Waals surface area contributed by atoms with Gasteiger partial charge in [-0.2, -0.15) is 0 Å². The van der Waals surface area contributed by atoms with Crippen molar-refractivity contribution in [2.75, 3.05) is 7.05 Å². The number of benzene rings is 1. The van der Waals surface area contributed by atoms with E-state index >= 15 is 0 Å². The first-order valence-corrected chi connectivity index (χ1v) is 6.87. The van der Waals surface area contributed by atoms with Crippen molar-refractivity contribution in [3.8, 4) is 0 Å². The molecule has 0 aliphatic heterocycles. The van der Waals surface area contributed by atoms with Crippen molar-refractivity contribution >= 4 is 17.7 Å². The van der Waals surface area contributed by atoms with Gasteiger partial charge in [-0.1, -0.05) is 39.1 Å². The van der Waals surface area contributed by atoms with E-state index in [4.69, 9.17) is 5.11 Å². The molecule has 0 aromatic heterocycles. The van der Waals surface area contributed by atoms with E-state index in [1.807, 2.05) is 24.3 Å². The van der Waals surface area contributed by atoms with E-state index in [1.54, 1.807) is 7.05 Å². The molecule has 0 fully saturated rings. The Morgan fingerprint density at radius 1 is 1.12 bits per heavy atom. The van der Waals surface area contributed by atoms with Gasteiger partial charge in [0.2, 0.25) is 5.91 Å². The number of aliphatic carboxylic acids is 1. The van der Waals surface area contributed by atoms with Crippen LogP contribution < -0.4 is 10.6 Å². The molecular weight excluding hydrogens is 308 g/mol. The fourth-order valence-corrected chi connectivity index (χ4v) is 1.90. The first-order valence-electron chi connectivity index (χ1n) is 6.87. The molecular formula is C18H28N2O4. The van der Waals surface area contributed by atoms with Crippen LogP contribution in [0.4, 0.5) is 0 Å². The third-order valence-electron chi connectivity index (χ3n) is 3.11. The molecule has 24 heavy (non-hydrogen) atoms. The smallest absolute Gasteiger partial charge is 0.321 e. The third kappa shape index (κ3) is 8.24. The van der Waals surface area contributed by atoms with Crippen molar-refractivity contribution in [1.29, 1.82) is 0 Å². The number of nitrogens with one attached hydrogen (secondary N) is 2. The lowest BCUT2D eigenvalue weighted by atomic mass is 10.00. The van der Waals surface area contributed by atoms with Gasteiger partial charge in [0, 0.05) is 12.6 Å². The molecule has 134 valence electrons. The summed E-state index contributed by atoms with van der Waals surface area (Å²) in [6, 6.07) is 6.63. The predicted molar refractivity (Wildman–Crippen MR) is 95.8 cm³/mol. The maximum atomic E-state index is 11.6. The summed E-state index contributed by atoms with van der Waals surface area (Å²) < 4.78 is 0. The largest absolute Gasteiger partial charge is 0.480 e. The Kier molecular flexibility index (Phi) is 11.9. The van der Waals surface area contributed by atoms with Crippen LogP contribution in [0.15, 0.2) is 36.4 Å². The predicted octanol–water partition coefficient (Wildman–Crippen LogP) is 1.94. The van der Waals surface area contributed by atoms with Gasteiger partial charge in [-0.05, 0) is 37.6 Å². The summed E-state index contributed by atoms with van der Waals surface area (Å²) in [5.74, 6) is -1.49. The molecule has 1 amide bonds. The maximum absolute atomic E-state index is 11.6. The molecule has 0 saturated heterocycles. The summed E-state index contributed by atoms with van der Waals surface area (Å²) in [7, 11) is 1.59. The Hall–Kier alpha value is -2.47. The van der Waals surface area contributed by atoms with Gasteiger partial charge >= 0.3 is 5.97 Å². The summed E-state index contributed by atoms with van der Waals surface area (Å²) in [6.45, 7) is 1.64. The quantitative estimate of drug-likeness (QED) is 0.631. The van der Waals surface area contributed by atoms with Gasteiger partial charge in [0.15, 0.2) is 5.78 Å². The summed E-state index contributed by atoms with van der Waals surface area (Å²) >= 11 is 0. The van der Waals surface area contributed by atoms with Crippen molar-refractivity contribution < 1.29 is 19.5 Å². The average Bonchev–Trinajstić information content (AvgIpc) is 2.49. The van der Waals surface area contributed by atoms with Crippen molar-refractivity contribution in [1.82, 2.24) is 10.6 Å². The van der Waals surface area contributed by atoms with E-state index in [-0.39, 0.29) is 33.1 Å². The lowest BCUT2D eigenvalue weighted by molar-refractivity contribution is -0.139. The molecule has 0 unspecified atom stereocenters. The monoisotopic (exact) mass is 336 g/mol. The average molecular weight is 336 g/mol. The molecule has 0 heterocycles. The number of ketones is 1. The van der Waals surface area contributed by atoms with Crippen LogP contribution in [0.5, 0.6) is 0 Å². The Balaban J connectivity index is 0. The van der Waals surface area contributed by atoms with E-state index in [0.29, 0.717) is 6.42 Å². The van der Waals surface area contributed by atoms with Crippen molar-refractivity contribution in [2.45, 2.75) is 40.8 Å². The van der Waals surface area contributed by atoms with E-state index in [2.05, 4.69) is 10.6 Å². The molecule has 0 aliphatic rings. The molecule has 6 heteroatoms. The molecule has 0 bridgehead atoms. The number of allylic oxidation sites excluding steroid dienone is 1. The summed E-state index contributed by atoms with van der Waals surface area (Å²) in [4.78, 5) is 33.4. The van der Waals surface area contributed by atoms with Crippen molar-refractivity contribution in [2.24, 2.45) is 0 Å². The van der Waals surface area contributed by atoms with Crippen LogP contribution >= 0.6 is 0 Å². The van der Waals surface area contributed by atoms with E-state index in [9.17, 15) is 14.4 Å². The zero-order valence-corrected chi connectivity index (χ0v) is 12.6. The molecule has 0 saturated carbocycles. The highest BCUT2D eigenvalue weighted by atomic mass is 16.4. The standard InChI is InChI=1S/C16H20N2O4.2CH4/c1-11(19)7-8-15(20)18-10-13-6-4-3-5-12(13)9-14(17-2)16(21)22;;/h3-8,14,17H,9-10H2,1-2H3,(H,18,20)(H,21,22);2*1H4/b8-7+;;/t14-;;/m1../s1. The fraction of sp³-hybridized carbons (Fsp3) is 0.389. The minimum atomic E-state index is -0.925. The highest BCUT2D eigenvalue weighted by Gasteiger charge is 2.16. The molecule has 1 aromatic rings. The zero-order valence-electron chi connectivity index (χ0n) is 12.6. The number of hydrogen-bond donors (Lipinski definition) is 3. The number of carboxylic acids is 1. The molecule has 0 aliphatic carbocycles. The fourth-order valence-electron chi connectivity index (χ4n) is 1.90. The van der Waals surface area contributed by atoms with Crippen molar-refractivity contribution in [3.05, 3.63) is 47.5 Å². The van der Waals surface area contributed by atoms with Gasteiger partial charge in [0.1, 0.15) is 6.04 Å². The second kappa shape index (κ2) is 12.0. The molecule has 0 spiro atoms. The van der Waals surface area contributed by atoms with E-state index in [0.717, 1.165) is 11.1 Å². The maximum Gasteiger partial charge on any atom is 0.321 e. The van der Waals surface area contributed by atoms with Crippen LogP contribution in [-0.2, 0) is 27.3 Å². The first-order chi connectivity index (χ1) is 10.4. The molecule has 1 rings (SSSR count). The second-order valence-corrected chi connectivity index (χ2v) is 4.81. The van der Waals surface area contributed by atoms with Gasteiger partial charge in [0.25, 0.3) is 0 Å². The highest BCUT2D eigenvalue weighted by molar-refractivity contribution is 5.96. The number of rotatable bonds is 8. The summed E-state index contributed by atoms with van der Waals surface area (Å²) in [6.07, 6.45) is 2.70. The van der Waals surface area contributed by atoms with Crippen LogP contribution in [0.25, 0.3) is 0 Å². The Labute approximate surface area is 144 Å². The number of hydrogen-bond acceptors (Lipinski definition) is 4. The van der Waals surface area contributed by atoms with Crippen LogP contribution in [0, 0.1) is 0 Å². The molecule has 3 N–H and O–H groups in total. The Morgan fingerprint density at radius 3 is 2.21 bits per heavy atom. The van der Waals surface area contributed by atoms with Gasteiger partial charge in [-0.3, -0.25) is 14.4 Å². The van der Waals surface area contributed by atoms with E-state index in [1.165, 1.54) is 19.1 Å². The van der Waals surface area contributed by atoms with Gasteiger partial charge in [-0.25, -0.2) is 0 Å². The molecule has 1 aromatic carbocycles. The summed E-state index contributed by atoms with van der Waals surface area (Å²) in [5.41, 5.74) is 1.69. The van der Waals surface area contributed by atoms with Crippen LogP contribution in [0.1, 0.15) is 32.9 Å². The molecule has 6 nitrogen and oxygen atoms in total. The van der Waals surface area contributed by atoms with Gasteiger partial charge in [0.05, 0.1) is 0 Å². The molecule has 1 atom stereocenters. The lowest BCUT2D eigenvalue weighted by Crippen LogP contribution is -2.36. The normalized spacial score (nSPS) is 11.1. The van der Waals surface area contributed by atoms with Crippen LogP contribution in [0.3, 0.4) is 0 Å². The number of carbonyl (C=O) groups is 3. The third-order valence-corrected chi connectivity index (χ3v) is 3.11. The highest BCUT2D eigenvalue weighted by Crippen LogP contribution is 2.11.